The van der Waals surface area contributed by atoms with Crippen LogP contribution in [0, 0.1) is 0 Å². The molecule has 0 aliphatic heterocycles. The number of aromatic carboxylic acids is 1. The number of imidazole rings is 2. The highest BCUT2D eigenvalue weighted by molar-refractivity contribution is 7.99. The van der Waals surface area contributed by atoms with Crippen molar-refractivity contribution in [2.75, 3.05) is 0 Å². The Balaban J connectivity index is 1.65. The third-order valence-corrected chi connectivity index (χ3v) is 5.93. The van der Waals surface area contributed by atoms with Gasteiger partial charge in [0.1, 0.15) is 0 Å². The molecule has 3 aromatic heterocycles. The molecule has 2 aromatic carbocycles. The molecule has 0 aliphatic rings. The highest BCUT2D eigenvalue weighted by Crippen LogP contribution is 2.29. The Kier molecular flexibility index (Phi) is 4.67. The number of rotatable bonds is 5. The fourth-order valence-corrected chi connectivity index (χ4v) is 4.34. The first-order valence-corrected chi connectivity index (χ1v) is 10.4. The topological polar surface area (TPSA) is 139 Å². The summed E-state index contributed by atoms with van der Waals surface area (Å²) in [6.45, 7) is 0.365. The van der Waals surface area contributed by atoms with Crippen LogP contribution < -0.4 is 11.2 Å². The van der Waals surface area contributed by atoms with E-state index in [1.807, 2.05) is 30.3 Å². The number of aromatic nitrogens is 6. The summed E-state index contributed by atoms with van der Waals surface area (Å²) in [5.74, 6) is -1.03. The van der Waals surface area contributed by atoms with E-state index in [4.69, 9.17) is 0 Å². The number of aryl methyl sites for hydroxylation is 1. The standard InChI is InChI=1S/C21H16N6O4S/c1-26-16-15(17(28)25-20(26)31)27(10-11-5-3-2-4-6-11)21(24-16)32-19-22-13-8-7-12(18(29)30)9-14(13)23-19/h2-9H,10H2,1H3,(H,22,23)(H,29,30)(H,25,28,31). The van der Waals surface area contributed by atoms with E-state index in [0.29, 0.717) is 27.9 Å². The van der Waals surface area contributed by atoms with Crippen molar-refractivity contribution in [1.82, 2.24) is 29.1 Å². The summed E-state index contributed by atoms with van der Waals surface area (Å²) in [4.78, 5) is 50.4. The lowest BCUT2D eigenvalue weighted by Crippen LogP contribution is -2.29. The zero-order valence-electron chi connectivity index (χ0n) is 16.7. The molecule has 0 saturated carbocycles. The Hall–Kier alpha value is -4.12. The van der Waals surface area contributed by atoms with Crippen LogP contribution in [0.2, 0.25) is 0 Å². The normalized spacial score (nSPS) is 11.4. The van der Waals surface area contributed by atoms with Gasteiger partial charge in [0.15, 0.2) is 21.5 Å². The average Bonchev–Trinajstić information content (AvgIpc) is 3.34. The van der Waals surface area contributed by atoms with Crippen LogP contribution in [0.1, 0.15) is 15.9 Å². The largest absolute Gasteiger partial charge is 0.478 e. The molecule has 10 nitrogen and oxygen atoms in total. The third kappa shape index (κ3) is 3.38. The van der Waals surface area contributed by atoms with Crippen molar-refractivity contribution in [3.8, 4) is 0 Å². The van der Waals surface area contributed by atoms with Crippen LogP contribution in [0.5, 0.6) is 0 Å². The zero-order chi connectivity index (χ0) is 22.4. The van der Waals surface area contributed by atoms with E-state index in [0.717, 1.165) is 5.56 Å². The third-order valence-electron chi connectivity index (χ3n) is 5.05. The van der Waals surface area contributed by atoms with Gasteiger partial charge in [-0.1, -0.05) is 30.3 Å². The number of carboxylic acids is 1. The second-order valence-corrected chi connectivity index (χ2v) is 8.09. The summed E-state index contributed by atoms with van der Waals surface area (Å²) in [6.07, 6.45) is 0. The van der Waals surface area contributed by atoms with E-state index in [9.17, 15) is 19.5 Å². The molecule has 11 heteroatoms. The molecule has 0 amide bonds. The molecule has 0 aliphatic carbocycles. The number of carboxylic acid groups (broad SMARTS) is 1. The summed E-state index contributed by atoms with van der Waals surface area (Å²) in [5.41, 5.74) is 1.76. The summed E-state index contributed by atoms with van der Waals surface area (Å²) in [7, 11) is 1.55. The number of benzene rings is 2. The maximum absolute atomic E-state index is 12.7. The van der Waals surface area contributed by atoms with E-state index in [-0.39, 0.29) is 16.7 Å². The highest BCUT2D eigenvalue weighted by atomic mass is 32.2. The smallest absolute Gasteiger partial charge is 0.335 e. The van der Waals surface area contributed by atoms with Gasteiger partial charge in [-0.3, -0.25) is 14.3 Å². The number of hydrogen-bond donors (Lipinski definition) is 3. The first kappa shape index (κ1) is 19.8. The van der Waals surface area contributed by atoms with Gasteiger partial charge in [0.25, 0.3) is 5.56 Å². The minimum Gasteiger partial charge on any atom is -0.478 e. The molecule has 160 valence electrons. The molecule has 0 spiro atoms. The molecule has 32 heavy (non-hydrogen) atoms. The Morgan fingerprint density at radius 2 is 1.88 bits per heavy atom. The first-order chi connectivity index (χ1) is 15.4. The van der Waals surface area contributed by atoms with E-state index in [2.05, 4.69) is 19.9 Å². The maximum atomic E-state index is 12.7. The average molecular weight is 448 g/mol. The molecule has 3 heterocycles. The summed E-state index contributed by atoms with van der Waals surface area (Å²) in [5, 5.41) is 10.2. The van der Waals surface area contributed by atoms with E-state index >= 15 is 0 Å². The van der Waals surface area contributed by atoms with Gasteiger partial charge in [-0.25, -0.2) is 19.6 Å². The quantitative estimate of drug-likeness (QED) is 0.375. The molecule has 0 fully saturated rings. The second kappa shape index (κ2) is 7.54. The Bertz CT molecular complexity index is 1610. The second-order valence-electron chi connectivity index (χ2n) is 7.14. The Labute approximate surface area is 183 Å². The van der Waals surface area contributed by atoms with Crippen LogP contribution in [-0.4, -0.2) is 40.1 Å². The Morgan fingerprint density at radius 3 is 2.62 bits per heavy atom. The van der Waals surface area contributed by atoms with Gasteiger partial charge in [0, 0.05) is 7.05 Å². The summed E-state index contributed by atoms with van der Waals surface area (Å²) < 4.78 is 3.03. The molecule has 0 bridgehead atoms. The van der Waals surface area contributed by atoms with Crippen molar-refractivity contribution in [2.45, 2.75) is 16.9 Å². The van der Waals surface area contributed by atoms with Crippen molar-refractivity contribution >= 4 is 39.9 Å². The van der Waals surface area contributed by atoms with E-state index in [1.165, 1.54) is 28.5 Å². The minimum atomic E-state index is -1.03. The number of nitrogens with one attached hydrogen (secondary N) is 2. The molecule has 0 unspecified atom stereocenters. The molecule has 0 saturated heterocycles. The van der Waals surface area contributed by atoms with Gasteiger partial charge in [-0.15, -0.1) is 0 Å². The molecule has 0 radical (unpaired) electrons. The van der Waals surface area contributed by atoms with Crippen molar-refractivity contribution < 1.29 is 9.90 Å². The van der Waals surface area contributed by atoms with Crippen LogP contribution in [-0.2, 0) is 13.6 Å². The zero-order valence-corrected chi connectivity index (χ0v) is 17.5. The molecular weight excluding hydrogens is 432 g/mol. The number of carbonyl (C=O) groups is 1. The van der Waals surface area contributed by atoms with Crippen LogP contribution >= 0.6 is 11.8 Å². The summed E-state index contributed by atoms with van der Waals surface area (Å²) >= 11 is 1.19. The van der Waals surface area contributed by atoms with Gasteiger partial charge < -0.3 is 14.7 Å². The number of nitrogens with zero attached hydrogens (tertiary/aromatic N) is 4. The van der Waals surface area contributed by atoms with Gasteiger partial charge in [-0.2, -0.15) is 0 Å². The number of hydrogen-bond acceptors (Lipinski definition) is 6. The van der Waals surface area contributed by atoms with Crippen molar-refractivity contribution in [1.29, 1.82) is 0 Å². The summed E-state index contributed by atoms with van der Waals surface area (Å²) in [6, 6.07) is 14.2. The SMILES string of the molecule is Cn1c(=O)[nH]c(=O)c2c1nc(Sc1nc3ccc(C(=O)O)cc3[nH]1)n2Cc1ccccc1. The molecule has 3 N–H and O–H groups in total. The predicted octanol–water partition coefficient (Wildman–Crippen LogP) is 2.20. The number of H-pyrrole nitrogens is 2. The van der Waals surface area contributed by atoms with E-state index < -0.39 is 17.2 Å². The Morgan fingerprint density at radius 1 is 1.09 bits per heavy atom. The van der Waals surface area contributed by atoms with Crippen molar-refractivity contribution in [2.24, 2.45) is 7.05 Å². The molecule has 0 atom stereocenters. The minimum absolute atomic E-state index is 0.149. The van der Waals surface area contributed by atoms with Gasteiger partial charge >= 0.3 is 11.7 Å². The monoisotopic (exact) mass is 448 g/mol. The van der Waals surface area contributed by atoms with Gasteiger partial charge in [0.2, 0.25) is 0 Å². The predicted molar refractivity (Wildman–Crippen MR) is 118 cm³/mol. The van der Waals surface area contributed by atoms with Crippen LogP contribution in [0.3, 0.4) is 0 Å². The molecule has 5 aromatic rings. The highest BCUT2D eigenvalue weighted by Gasteiger charge is 2.20. The van der Waals surface area contributed by atoms with Crippen molar-refractivity contribution in [3.05, 3.63) is 80.5 Å². The number of fused-ring (bicyclic) bond motifs is 2. The van der Waals surface area contributed by atoms with E-state index in [1.54, 1.807) is 17.7 Å². The van der Waals surface area contributed by atoms with Gasteiger partial charge in [0.05, 0.1) is 23.1 Å². The first-order valence-electron chi connectivity index (χ1n) is 9.55. The van der Waals surface area contributed by atoms with Crippen LogP contribution in [0.15, 0.2) is 68.4 Å². The van der Waals surface area contributed by atoms with Crippen LogP contribution in [0.4, 0.5) is 0 Å². The molecular formula is C21H16N6O4S. The lowest BCUT2D eigenvalue weighted by molar-refractivity contribution is 0.0697. The molecule has 5 rings (SSSR count). The lowest BCUT2D eigenvalue weighted by Gasteiger charge is -2.07. The maximum Gasteiger partial charge on any atom is 0.335 e. The number of aromatic amines is 2. The van der Waals surface area contributed by atoms with Gasteiger partial charge in [-0.05, 0) is 35.5 Å². The lowest BCUT2D eigenvalue weighted by atomic mass is 10.2. The fraction of sp³-hybridized carbons (Fsp3) is 0.0952. The fourth-order valence-electron chi connectivity index (χ4n) is 3.46. The van der Waals surface area contributed by atoms with Crippen LogP contribution in [0.25, 0.3) is 22.2 Å². The van der Waals surface area contributed by atoms with Crippen molar-refractivity contribution in [3.63, 3.8) is 0 Å².